The lowest BCUT2D eigenvalue weighted by atomic mass is 10.2. The topological polar surface area (TPSA) is 63.0 Å². The van der Waals surface area contributed by atoms with E-state index >= 15 is 0 Å². The van der Waals surface area contributed by atoms with Gasteiger partial charge in [-0.25, -0.2) is 9.37 Å². The minimum Gasteiger partial charge on any atom is -0.425 e. The normalized spacial score (nSPS) is 10.3. The molecular formula is C18H10ClFN2O2S. The van der Waals surface area contributed by atoms with E-state index in [0.29, 0.717) is 21.8 Å². The first-order valence-electron chi connectivity index (χ1n) is 7.16. The summed E-state index contributed by atoms with van der Waals surface area (Å²) < 4.78 is 18.5. The Morgan fingerprint density at radius 3 is 2.88 bits per heavy atom. The van der Waals surface area contributed by atoms with Crippen molar-refractivity contribution >= 4 is 28.9 Å². The number of halogens is 2. The van der Waals surface area contributed by atoms with Gasteiger partial charge in [0.1, 0.15) is 16.6 Å². The molecule has 25 heavy (non-hydrogen) atoms. The third kappa shape index (κ3) is 4.21. The van der Waals surface area contributed by atoms with Gasteiger partial charge in [-0.2, -0.15) is 5.26 Å². The van der Waals surface area contributed by atoms with Crippen LogP contribution in [-0.4, -0.2) is 11.0 Å². The van der Waals surface area contributed by atoms with E-state index in [9.17, 15) is 9.18 Å². The van der Waals surface area contributed by atoms with Gasteiger partial charge in [0.05, 0.1) is 28.8 Å². The molecule has 0 saturated heterocycles. The fourth-order valence-corrected chi connectivity index (χ4v) is 3.14. The fraction of sp³-hybridized carbons (Fsp3) is 0.0556. The Morgan fingerprint density at radius 1 is 1.32 bits per heavy atom. The monoisotopic (exact) mass is 372 g/mol. The molecule has 4 nitrogen and oxygen atoms in total. The minimum atomic E-state index is -0.525. The molecule has 1 aromatic heterocycles. The van der Waals surface area contributed by atoms with Crippen molar-refractivity contribution in [2.75, 3.05) is 0 Å². The van der Waals surface area contributed by atoms with Gasteiger partial charge < -0.3 is 4.74 Å². The number of nitriles is 1. The zero-order valence-electron chi connectivity index (χ0n) is 12.7. The first-order chi connectivity index (χ1) is 12.0. The Hall–Kier alpha value is -2.75. The van der Waals surface area contributed by atoms with Gasteiger partial charge >= 0.3 is 5.97 Å². The highest BCUT2D eigenvalue weighted by atomic mass is 35.5. The van der Waals surface area contributed by atoms with Gasteiger partial charge in [-0.05, 0) is 30.3 Å². The number of carbonyl (C=O) groups excluding carboxylic acids is 1. The van der Waals surface area contributed by atoms with Crippen LogP contribution in [0.3, 0.4) is 0 Å². The van der Waals surface area contributed by atoms with E-state index in [1.807, 2.05) is 6.07 Å². The van der Waals surface area contributed by atoms with Crippen LogP contribution in [0, 0.1) is 17.1 Å². The Bertz CT molecular complexity index is 981. The Morgan fingerprint density at radius 2 is 2.16 bits per heavy atom. The lowest BCUT2D eigenvalue weighted by Crippen LogP contribution is -2.11. The molecule has 0 aliphatic carbocycles. The van der Waals surface area contributed by atoms with Crippen molar-refractivity contribution in [1.82, 2.24) is 4.98 Å². The van der Waals surface area contributed by atoms with Crippen molar-refractivity contribution in [3.63, 3.8) is 0 Å². The SMILES string of the molecule is N#Cc1ccc(OC(=O)Cc2csc(-c3cccc(F)c3)n2)c(Cl)c1. The molecule has 0 unspecified atom stereocenters. The molecule has 1 heterocycles. The summed E-state index contributed by atoms with van der Waals surface area (Å²) in [5.41, 5.74) is 1.56. The summed E-state index contributed by atoms with van der Waals surface area (Å²) >= 11 is 7.30. The number of thiazole rings is 1. The van der Waals surface area contributed by atoms with Crippen molar-refractivity contribution in [1.29, 1.82) is 5.26 Å². The quantitative estimate of drug-likeness (QED) is 0.495. The first kappa shape index (κ1) is 17.1. The number of hydrogen-bond acceptors (Lipinski definition) is 5. The average Bonchev–Trinajstić information content (AvgIpc) is 3.05. The predicted octanol–water partition coefficient (Wildman–Crippen LogP) is 4.62. The number of nitrogens with zero attached hydrogens (tertiary/aromatic N) is 2. The number of aromatic nitrogens is 1. The largest absolute Gasteiger partial charge is 0.425 e. The summed E-state index contributed by atoms with van der Waals surface area (Å²) in [6.45, 7) is 0. The molecule has 3 aromatic rings. The van der Waals surface area contributed by atoms with Gasteiger partial charge in [-0.15, -0.1) is 11.3 Å². The van der Waals surface area contributed by atoms with Gasteiger partial charge in [0.2, 0.25) is 0 Å². The standard InChI is InChI=1S/C18H10ClFN2O2S/c19-15-6-11(9-21)4-5-16(15)24-17(23)8-14-10-25-18(22-14)12-2-1-3-13(20)7-12/h1-7,10H,8H2. The van der Waals surface area contributed by atoms with Crippen LogP contribution in [0.5, 0.6) is 5.75 Å². The molecule has 0 aliphatic rings. The van der Waals surface area contributed by atoms with Crippen molar-refractivity contribution in [2.24, 2.45) is 0 Å². The lowest BCUT2D eigenvalue weighted by Gasteiger charge is -2.05. The summed E-state index contributed by atoms with van der Waals surface area (Å²) in [6, 6.07) is 12.5. The van der Waals surface area contributed by atoms with Crippen molar-refractivity contribution in [3.8, 4) is 22.4 Å². The van der Waals surface area contributed by atoms with Gasteiger partial charge in [0, 0.05) is 10.9 Å². The summed E-state index contributed by atoms with van der Waals surface area (Å²) in [4.78, 5) is 16.4. The molecule has 0 bridgehead atoms. The fourth-order valence-electron chi connectivity index (χ4n) is 2.10. The second kappa shape index (κ2) is 7.43. The molecule has 0 spiro atoms. The van der Waals surface area contributed by atoms with E-state index in [2.05, 4.69) is 4.98 Å². The summed E-state index contributed by atoms with van der Waals surface area (Å²) in [6.07, 6.45) is -0.0395. The molecule has 0 saturated carbocycles. The second-order valence-corrected chi connectivity index (χ2v) is 6.33. The van der Waals surface area contributed by atoms with E-state index in [-0.39, 0.29) is 23.0 Å². The lowest BCUT2D eigenvalue weighted by molar-refractivity contribution is -0.133. The van der Waals surface area contributed by atoms with Gasteiger partial charge in [-0.3, -0.25) is 4.79 Å². The number of benzene rings is 2. The van der Waals surface area contributed by atoms with Crippen molar-refractivity contribution < 1.29 is 13.9 Å². The van der Waals surface area contributed by atoms with Crippen LogP contribution < -0.4 is 4.74 Å². The molecule has 0 N–H and O–H groups in total. The molecule has 0 fully saturated rings. The molecule has 7 heteroatoms. The highest BCUT2D eigenvalue weighted by Crippen LogP contribution is 2.27. The molecule has 0 amide bonds. The first-order valence-corrected chi connectivity index (χ1v) is 8.41. The molecule has 0 radical (unpaired) electrons. The summed E-state index contributed by atoms with van der Waals surface area (Å²) in [5.74, 6) is -0.682. The third-order valence-electron chi connectivity index (χ3n) is 3.23. The van der Waals surface area contributed by atoms with Gasteiger partial charge in [-0.1, -0.05) is 23.7 Å². The van der Waals surface area contributed by atoms with Crippen LogP contribution in [-0.2, 0) is 11.2 Å². The smallest absolute Gasteiger partial charge is 0.317 e. The van der Waals surface area contributed by atoms with Crippen LogP contribution in [0.4, 0.5) is 4.39 Å². The number of hydrogen-bond donors (Lipinski definition) is 0. The number of ether oxygens (including phenoxy) is 1. The number of carbonyl (C=O) groups is 1. The average molecular weight is 373 g/mol. The summed E-state index contributed by atoms with van der Waals surface area (Å²) in [7, 11) is 0. The Balaban J connectivity index is 1.69. The molecule has 3 rings (SSSR count). The van der Waals surface area contributed by atoms with Crippen LogP contribution in [0.15, 0.2) is 47.8 Å². The van der Waals surface area contributed by atoms with Gasteiger partial charge in [0.15, 0.2) is 0 Å². The molecule has 0 aliphatic heterocycles. The maximum absolute atomic E-state index is 13.3. The molecular weight excluding hydrogens is 363 g/mol. The minimum absolute atomic E-state index is 0.0395. The second-order valence-electron chi connectivity index (χ2n) is 5.06. The van der Waals surface area contributed by atoms with E-state index in [1.165, 1.54) is 41.7 Å². The van der Waals surface area contributed by atoms with Crippen LogP contribution in [0.1, 0.15) is 11.3 Å². The zero-order chi connectivity index (χ0) is 17.8. The molecule has 0 atom stereocenters. The van der Waals surface area contributed by atoms with Gasteiger partial charge in [0.25, 0.3) is 0 Å². The van der Waals surface area contributed by atoms with E-state index in [4.69, 9.17) is 21.6 Å². The third-order valence-corrected chi connectivity index (χ3v) is 4.47. The van der Waals surface area contributed by atoms with E-state index < -0.39 is 5.97 Å². The van der Waals surface area contributed by atoms with Crippen LogP contribution >= 0.6 is 22.9 Å². The molecule has 2 aromatic carbocycles. The maximum Gasteiger partial charge on any atom is 0.317 e. The number of esters is 1. The predicted molar refractivity (Wildman–Crippen MR) is 93.0 cm³/mol. The highest BCUT2D eigenvalue weighted by molar-refractivity contribution is 7.13. The Kier molecular flexibility index (Phi) is 5.08. The zero-order valence-corrected chi connectivity index (χ0v) is 14.3. The molecule has 124 valence electrons. The Labute approximate surface area is 152 Å². The summed E-state index contributed by atoms with van der Waals surface area (Å²) in [5, 5.41) is 11.3. The van der Waals surface area contributed by atoms with Crippen LogP contribution in [0.2, 0.25) is 5.02 Å². The van der Waals surface area contributed by atoms with Crippen molar-refractivity contribution in [3.05, 3.63) is 69.9 Å². The maximum atomic E-state index is 13.3. The number of rotatable bonds is 4. The van der Waals surface area contributed by atoms with E-state index in [1.54, 1.807) is 17.5 Å². The van der Waals surface area contributed by atoms with E-state index in [0.717, 1.165) is 0 Å². The van der Waals surface area contributed by atoms with Crippen molar-refractivity contribution in [2.45, 2.75) is 6.42 Å². The van der Waals surface area contributed by atoms with Crippen LogP contribution in [0.25, 0.3) is 10.6 Å². The highest BCUT2D eigenvalue weighted by Gasteiger charge is 2.13.